The summed E-state index contributed by atoms with van der Waals surface area (Å²) in [7, 11) is 3.62. The van der Waals surface area contributed by atoms with Crippen molar-refractivity contribution in [3.63, 3.8) is 0 Å². The molecular weight excluding hydrogens is 325 g/mol. The fraction of sp³-hybridized carbons (Fsp3) is 0.176. The molecule has 3 rings (SSSR count). The van der Waals surface area contributed by atoms with E-state index in [4.69, 9.17) is 4.52 Å². The van der Waals surface area contributed by atoms with Crippen molar-refractivity contribution in [2.75, 3.05) is 19.0 Å². The van der Waals surface area contributed by atoms with Crippen LogP contribution in [-0.2, 0) is 6.54 Å². The van der Waals surface area contributed by atoms with Gasteiger partial charge in [0.2, 0.25) is 11.7 Å². The summed E-state index contributed by atoms with van der Waals surface area (Å²) >= 11 is 0. The number of carbonyl (C=O) groups is 1. The number of halogens is 1. The molecule has 0 unspecified atom stereocenters. The van der Waals surface area contributed by atoms with Crippen LogP contribution in [0.1, 0.15) is 16.2 Å². The molecule has 0 aliphatic carbocycles. The third-order valence-electron chi connectivity index (χ3n) is 3.43. The summed E-state index contributed by atoms with van der Waals surface area (Å²) in [5.74, 6) is 0.520. The van der Waals surface area contributed by atoms with Gasteiger partial charge >= 0.3 is 0 Å². The van der Waals surface area contributed by atoms with E-state index in [0.717, 1.165) is 0 Å². The van der Waals surface area contributed by atoms with Gasteiger partial charge in [0.1, 0.15) is 11.6 Å². The number of amides is 1. The van der Waals surface area contributed by atoms with E-state index in [1.165, 1.54) is 12.1 Å². The van der Waals surface area contributed by atoms with Crippen LogP contribution in [0.4, 0.5) is 10.2 Å². The fourth-order valence-corrected chi connectivity index (χ4v) is 2.22. The molecule has 7 nitrogen and oxygen atoms in total. The maximum Gasteiger partial charge on any atom is 0.255 e. The van der Waals surface area contributed by atoms with Gasteiger partial charge in [0.15, 0.2) is 0 Å². The molecular formula is C17H16FN5O2. The normalized spacial score (nSPS) is 10.5. The Morgan fingerprint density at radius 3 is 2.72 bits per heavy atom. The van der Waals surface area contributed by atoms with Crippen LogP contribution >= 0.6 is 0 Å². The van der Waals surface area contributed by atoms with Gasteiger partial charge in [-0.2, -0.15) is 4.98 Å². The lowest BCUT2D eigenvalue weighted by Gasteiger charge is -2.14. The molecule has 0 spiro atoms. The molecule has 8 heteroatoms. The molecule has 3 aromatic rings. The summed E-state index contributed by atoms with van der Waals surface area (Å²) in [6.45, 7) is 0.0782. The first-order valence-corrected chi connectivity index (χ1v) is 7.53. The lowest BCUT2D eigenvalue weighted by Crippen LogP contribution is -2.26. The Labute approximate surface area is 143 Å². The van der Waals surface area contributed by atoms with Crippen LogP contribution in [0.5, 0.6) is 0 Å². The highest BCUT2D eigenvalue weighted by molar-refractivity contribution is 5.98. The Morgan fingerprint density at radius 1 is 1.24 bits per heavy atom. The first kappa shape index (κ1) is 16.6. The second-order valence-electron chi connectivity index (χ2n) is 5.47. The Morgan fingerprint density at radius 2 is 2.00 bits per heavy atom. The van der Waals surface area contributed by atoms with Crippen LogP contribution in [0.2, 0.25) is 0 Å². The van der Waals surface area contributed by atoms with E-state index in [1.807, 2.05) is 14.1 Å². The zero-order valence-corrected chi connectivity index (χ0v) is 13.7. The van der Waals surface area contributed by atoms with Crippen molar-refractivity contribution in [3.8, 4) is 11.4 Å². The third kappa shape index (κ3) is 3.79. The summed E-state index contributed by atoms with van der Waals surface area (Å²) in [5, 5.41) is 6.55. The van der Waals surface area contributed by atoms with Gasteiger partial charge in [-0.25, -0.2) is 9.37 Å². The van der Waals surface area contributed by atoms with Gasteiger partial charge in [0.05, 0.1) is 12.1 Å². The van der Waals surface area contributed by atoms with Gasteiger partial charge < -0.3 is 14.7 Å². The number of rotatable bonds is 5. The van der Waals surface area contributed by atoms with E-state index in [0.29, 0.717) is 22.8 Å². The Kier molecular flexibility index (Phi) is 4.69. The van der Waals surface area contributed by atoms with Crippen molar-refractivity contribution in [3.05, 3.63) is 59.9 Å². The largest absolute Gasteiger partial charge is 0.362 e. The SMILES string of the molecule is CN(C)c1ncccc1C(=O)NCc1nc(-c2ccc(F)cc2)no1. The maximum absolute atomic E-state index is 12.9. The first-order valence-electron chi connectivity index (χ1n) is 7.53. The Balaban J connectivity index is 1.68. The van der Waals surface area contributed by atoms with Gasteiger partial charge in [-0.1, -0.05) is 5.16 Å². The first-order chi connectivity index (χ1) is 12.0. The van der Waals surface area contributed by atoms with E-state index in [9.17, 15) is 9.18 Å². The average molecular weight is 341 g/mol. The number of aromatic nitrogens is 3. The van der Waals surface area contributed by atoms with E-state index in [-0.39, 0.29) is 24.2 Å². The molecule has 1 N–H and O–H groups in total. The lowest BCUT2D eigenvalue weighted by atomic mass is 10.2. The number of nitrogens with one attached hydrogen (secondary N) is 1. The highest BCUT2D eigenvalue weighted by Gasteiger charge is 2.15. The predicted octanol–water partition coefficient (Wildman–Crippen LogP) is 2.27. The molecule has 1 amide bonds. The van der Waals surface area contributed by atoms with Gasteiger partial charge in [-0.3, -0.25) is 4.79 Å². The van der Waals surface area contributed by atoms with E-state index in [1.54, 1.807) is 35.4 Å². The van der Waals surface area contributed by atoms with E-state index in [2.05, 4.69) is 20.4 Å². The number of pyridine rings is 1. The molecule has 2 heterocycles. The van der Waals surface area contributed by atoms with Crippen LogP contribution in [0.25, 0.3) is 11.4 Å². The molecule has 2 aromatic heterocycles. The van der Waals surface area contributed by atoms with Crippen molar-refractivity contribution in [2.24, 2.45) is 0 Å². The topological polar surface area (TPSA) is 84.2 Å². The molecule has 0 fully saturated rings. The smallest absolute Gasteiger partial charge is 0.255 e. The Hall–Kier alpha value is -3.29. The van der Waals surface area contributed by atoms with Crippen molar-refractivity contribution >= 4 is 11.7 Å². The number of benzene rings is 1. The monoisotopic (exact) mass is 341 g/mol. The summed E-state index contributed by atoms with van der Waals surface area (Å²) in [6.07, 6.45) is 1.62. The van der Waals surface area contributed by atoms with Crippen LogP contribution in [0, 0.1) is 5.82 Å². The molecule has 0 radical (unpaired) electrons. The summed E-state index contributed by atoms with van der Waals surface area (Å²) in [4.78, 5) is 22.5. The maximum atomic E-state index is 12.9. The molecule has 0 aliphatic heterocycles. The van der Waals surface area contributed by atoms with Gasteiger partial charge in [-0.05, 0) is 36.4 Å². The Bertz CT molecular complexity index is 877. The highest BCUT2D eigenvalue weighted by atomic mass is 19.1. The number of hydrogen-bond acceptors (Lipinski definition) is 6. The van der Waals surface area contributed by atoms with Crippen LogP contribution in [0.3, 0.4) is 0 Å². The number of nitrogens with zero attached hydrogens (tertiary/aromatic N) is 4. The second kappa shape index (κ2) is 7.08. The molecule has 1 aromatic carbocycles. The number of hydrogen-bond donors (Lipinski definition) is 1. The second-order valence-corrected chi connectivity index (χ2v) is 5.47. The summed E-state index contributed by atoms with van der Waals surface area (Å²) < 4.78 is 18.1. The molecule has 0 saturated carbocycles. The van der Waals surface area contributed by atoms with Gasteiger partial charge in [-0.15, -0.1) is 0 Å². The quantitative estimate of drug-likeness (QED) is 0.766. The zero-order valence-electron chi connectivity index (χ0n) is 13.7. The van der Waals surface area contributed by atoms with Crippen LogP contribution in [0.15, 0.2) is 47.1 Å². The van der Waals surface area contributed by atoms with Crippen LogP contribution < -0.4 is 10.2 Å². The number of anilines is 1. The van der Waals surface area contributed by atoms with Crippen molar-refractivity contribution < 1.29 is 13.7 Å². The molecule has 0 atom stereocenters. The van der Waals surface area contributed by atoms with Crippen molar-refractivity contribution in [2.45, 2.75) is 6.54 Å². The lowest BCUT2D eigenvalue weighted by molar-refractivity contribution is 0.0946. The molecule has 0 bridgehead atoms. The standard InChI is InChI=1S/C17H16FN5O2/c1-23(2)16-13(4-3-9-19-16)17(24)20-10-14-21-15(22-25-14)11-5-7-12(18)8-6-11/h3-9H,10H2,1-2H3,(H,20,24). The molecule has 0 aliphatic rings. The van der Waals surface area contributed by atoms with E-state index >= 15 is 0 Å². The average Bonchev–Trinajstić information content (AvgIpc) is 3.09. The molecule has 128 valence electrons. The van der Waals surface area contributed by atoms with Gasteiger partial charge in [0, 0.05) is 25.9 Å². The fourth-order valence-electron chi connectivity index (χ4n) is 2.22. The minimum absolute atomic E-state index is 0.0782. The van der Waals surface area contributed by atoms with Crippen molar-refractivity contribution in [1.82, 2.24) is 20.4 Å². The van der Waals surface area contributed by atoms with Crippen LogP contribution in [-0.4, -0.2) is 35.1 Å². The number of carbonyl (C=O) groups excluding carboxylic acids is 1. The molecule has 25 heavy (non-hydrogen) atoms. The van der Waals surface area contributed by atoms with Crippen molar-refractivity contribution in [1.29, 1.82) is 0 Å². The summed E-state index contributed by atoms with van der Waals surface area (Å²) in [5.41, 5.74) is 1.08. The van der Waals surface area contributed by atoms with Gasteiger partial charge in [0.25, 0.3) is 5.91 Å². The predicted molar refractivity (Wildman–Crippen MR) is 89.4 cm³/mol. The highest BCUT2D eigenvalue weighted by Crippen LogP contribution is 2.17. The minimum Gasteiger partial charge on any atom is -0.362 e. The van der Waals surface area contributed by atoms with E-state index < -0.39 is 0 Å². The zero-order chi connectivity index (χ0) is 17.8. The summed E-state index contributed by atoms with van der Waals surface area (Å²) in [6, 6.07) is 9.14. The molecule has 0 saturated heterocycles. The third-order valence-corrected chi connectivity index (χ3v) is 3.43. The minimum atomic E-state index is -0.340.